The Bertz CT molecular complexity index is 662. The van der Waals surface area contributed by atoms with Gasteiger partial charge >= 0.3 is 0 Å². The topological polar surface area (TPSA) is 44.1 Å². The van der Waals surface area contributed by atoms with E-state index in [0.717, 1.165) is 25.9 Å². The Labute approximate surface area is 122 Å². The minimum atomic E-state index is -0.0116. The molecule has 0 saturated carbocycles. The molecule has 20 heavy (non-hydrogen) atoms. The van der Waals surface area contributed by atoms with E-state index in [9.17, 15) is 4.79 Å². The van der Waals surface area contributed by atoms with Gasteiger partial charge in [-0.3, -0.25) is 9.36 Å². The van der Waals surface area contributed by atoms with E-state index in [4.69, 9.17) is 16.3 Å². The summed E-state index contributed by atoms with van der Waals surface area (Å²) >= 11 is 5.91. The molecule has 0 unspecified atom stereocenters. The molecule has 5 heteroatoms. The van der Waals surface area contributed by atoms with E-state index in [0.29, 0.717) is 22.5 Å². The van der Waals surface area contributed by atoms with Crippen LogP contribution in [0.1, 0.15) is 25.7 Å². The first-order valence-electron chi connectivity index (χ1n) is 7.00. The van der Waals surface area contributed by atoms with Gasteiger partial charge in [0.15, 0.2) is 0 Å². The van der Waals surface area contributed by atoms with E-state index in [1.165, 1.54) is 6.42 Å². The normalized spacial score (nSPS) is 19.4. The van der Waals surface area contributed by atoms with E-state index < -0.39 is 0 Å². The third-order valence-electron chi connectivity index (χ3n) is 3.75. The van der Waals surface area contributed by atoms with Gasteiger partial charge in [-0.25, -0.2) is 4.98 Å². The number of ether oxygens (including phenoxy) is 1. The molecule has 0 spiro atoms. The molecule has 1 aliphatic heterocycles. The lowest BCUT2D eigenvalue weighted by Gasteiger charge is -2.22. The maximum Gasteiger partial charge on any atom is 0.261 e. The molecule has 0 aliphatic carbocycles. The molecular formula is C15H17ClN2O2. The van der Waals surface area contributed by atoms with Gasteiger partial charge in [-0.05, 0) is 43.9 Å². The Balaban J connectivity index is 1.79. The van der Waals surface area contributed by atoms with E-state index in [1.54, 1.807) is 29.1 Å². The van der Waals surface area contributed by atoms with Crippen molar-refractivity contribution in [1.29, 1.82) is 0 Å². The average Bonchev–Trinajstić information content (AvgIpc) is 2.47. The molecule has 1 aromatic heterocycles. The number of fused-ring (bicyclic) bond motifs is 1. The van der Waals surface area contributed by atoms with Gasteiger partial charge in [-0.2, -0.15) is 0 Å². The van der Waals surface area contributed by atoms with Gasteiger partial charge < -0.3 is 4.74 Å². The molecule has 106 valence electrons. The molecule has 0 bridgehead atoms. The van der Waals surface area contributed by atoms with E-state index in [2.05, 4.69) is 4.98 Å². The van der Waals surface area contributed by atoms with E-state index in [-0.39, 0.29) is 11.7 Å². The maximum absolute atomic E-state index is 12.4. The van der Waals surface area contributed by atoms with Crippen LogP contribution in [0.4, 0.5) is 0 Å². The Morgan fingerprint density at radius 3 is 3.10 bits per heavy atom. The molecule has 3 rings (SSSR count). The fourth-order valence-electron chi connectivity index (χ4n) is 2.61. The van der Waals surface area contributed by atoms with Crippen LogP contribution in [-0.4, -0.2) is 22.3 Å². The zero-order valence-electron chi connectivity index (χ0n) is 11.2. The molecular weight excluding hydrogens is 276 g/mol. The lowest BCUT2D eigenvalue weighted by molar-refractivity contribution is 0.00864. The lowest BCUT2D eigenvalue weighted by Crippen LogP contribution is -2.25. The number of hydrogen-bond donors (Lipinski definition) is 0. The molecule has 2 aromatic rings. The molecule has 1 saturated heterocycles. The van der Waals surface area contributed by atoms with Gasteiger partial charge in [0.05, 0.1) is 23.3 Å². The van der Waals surface area contributed by atoms with Crippen LogP contribution in [0.3, 0.4) is 0 Å². The molecule has 4 nitrogen and oxygen atoms in total. The second kappa shape index (κ2) is 5.94. The number of aromatic nitrogens is 2. The zero-order chi connectivity index (χ0) is 13.9. The van der Waals surface area contributed by atoms with Crippen LogP contribution < -0.4 is 5.56 Å². The molecule has 1 atom stereocenters. The van der Waals surface area contributed by atoms with Crippen LogP contribution in [0.15, 0.2) is 29.3 Å². The highest BCUT2D eigenvalue weighted by molar-refractivity contribution is 6.31. The first kappa shape index (κ1) is 13.6. The van der Waals surface area contributed by atoms with Crippen molar-refractivity contribution in [3.63, 3.8) is 0 Å². The van der Waals surface area contributed by atoms with Crippen molar-refractivity contribution in [2.24, 2.45) is 0 Å². The van der Waals surface area contributed by atoms with Gasteiger partial charge in [0.25, 0.3) is 5.56 Å². The number of rotatable bonds is 3. The smallest absolute Gasteiger partial charge is 0.261 e. The Kier molecular flexibility index (Phi) is 4.03. The van der Waals surface area contributed by atoms with Crippen LogP contribution >= 0.6 is 11.6 Å². The van der Waals surface area contributed by atoms with Crippen LogP contribution in [0, 0.1) is 0 Å². The third kappa shape index (κ3) is 2.86. The Morgan fingerprint density at radius 2 is 2.30 bits per heavy atom. The Morgan fingerprint density at radius 1 is 1.40 bits per heavy atom. The van der Waals surface area contributed by atoms with Crippen LogP contribution in [-0.2, 0) is 11.3 Å². The first-order valence-corrected chi connectivity index (χ1v) is 7.38. The minimum Gasteiger partial charge on any atom is -0.378 e. The van der Waals surface area contributed by atoms with Gasteiger partial charge in [0.2, 0.25) is 0 Å². The maximum atomic E-state index is 12.4. The summed E-state index contributed by atoms with van der Waals surface area (Å²) in [5.74, 6) is 0. The molecule has 2 heterocycles. The van der Waals surface area contributed by atoms with E-state index in [1.807, 2.05) is 0 Å². The van der Waals surface area contributed by atoms with Crippen molar-refractivity contribution in [3.8, 4) is 0 Å². The highest BCUT2D eigenvalue weighted by Gasteiger charge is 2.14. The van der Waals surface area contributed by atoms with Gasteiger partial charge in [-0.15, -0.1) is 0 Å². The Hall–Kier alpha value is -1.39. The summed E-state index contributed by atoms with van der Waals surface area (Å²) in [6, 6.07) is 5.18. The fourth-order valence-corrected chi connectivity index (χ4v) is 2.78. The summed E-state index contributed by atoms with van der Waals surface area (Å²) in [5, 5.41) is 1.21. The molecule has 0 radical (unpaired) electrons. The predicted octanol–water partition coefficient (Wildman–Crippen LogP) is 3.01. The number of halogens is 1. The second-order valence-electron chi connectivity index (χ2n) is 5.18. The van der Waals surface area contributed by atoms with Crippen molar-refractivity contribution >= 4 is 22.5 Å². The monoisotopic (exact) mass is 292 g/mol. The summed E-state index contributed by atoms with van der Waals surface area (Å²) in [5.41, 5.74) is 0.634. The van der Waals surface area contributed by atoms with Crippen LogP contribution in [0.5, 0.6) is 0 Å². The van der Waals surface area contributed by atoms with Crippen molar-refractivity contribution < 1.29 is 4.74 Å². The minimum absolute atomic E-state index is 0.0116. The van der Waals surface area contributed by atoms with Crippen molar-refractivity contribution in [1.82, 2.24) is 9.55 Å². The second-order valence-corrected chi connectivity index (χ2v) is 5.62. The molecule has 1 aliphatic rings. The number of aryl methyl sites for hydroxylation is 1. The van der Waals surface area contributed by atoms with E-state index >= 15 is 0 Å². The fraction of sp³-hybridized carbons (Fsp3) is 0.467. The number of benzene rings is 1. The summed E-state index contributed by atoms with van der Waals surface area (Å²) in [7, 11) is 0. The first-order chi connectivity index (χ1) is 9.74. The van der Waals surface area contributed by atoms with Crippen LogP contribution in [0.2, 0.25) is 5.02 Å². The molecule has 0 N–H and O–H groups in total. The number of hydrogen-bond acceptors (Lipinski definition) is 3. The SMILES string of the molecule is O=c1c2ccc(Cl)cc2ncn1CC[C@@H]1CCCCO1. The van der Waals surface area contributed by atoms with Gasteiger partial charge in [-0.1, -0.05) is 11.6 Å². The van der Waals surface area contributed by atoms with Crippen LogP contribution in [0.25, 0.3) is 10.9 Å². The molecule has 1 fully saturated rings. The molecule has 1 aromatic carbocycles. The summed E-state index contributed by atoms with van der Waals surface area (Å²) in [6.45, 7) is 1.49. The lowest BCUT2D eigenvalue weighted by atomic mass is 10.1. The predicted molar refractivity (Wildman–Crippen MR) is 79.2 cm³/mol. The quantitative estimate of drug-likeness (QED) is 0.873. The standard InChI is InChI=1S/C15H17ClN2O2/c16-11-4-5-13-14(9-11)17-10-18(15(13)19)7-6-12-3-1-2-8-20-12/h4-5,9-10,12H,1-3,6-8H2/t12-/m0/s1. The summed E-state index contributed by atoms with van der Waals surface area (Å²) in [4.78, 5) is 16.7. The van der Waals surface area contributed by atoms with Gasteiger partial charge in [0.1, 0.15) is 0 Å². The summed E-state index contributed by atoms with van der Waals surface area (Å²) in [6.07, 6.45) is 6.19. The van der Waals surface area contributed by atoms with Crippen molar-refractivity contribution in [2.45, 2.75) is 38.3 Å². The highest BCUT2D eigenvalue weighted by atomic mass is 35.5. The van der Waals surface area contributed by atoms with Crippen molar-refractivity contribution in [2.75, 3.05) is 6.61 Å². The van der Waals surface area contributed by atoms with Crippen molar-refractivity contribution in [3.05, 3.63) is 39.9 Å². The summed E-state index contributed by atoms with van der Waals surface area (Å²) < 4.78 is 7.35. The van der Waals surface area contributed by atoms with Gasteiger partial charge in [0, 0.05) is 18.2 Å². The largest absolute Gasteiger partial charge is 0.378 e. The zero-order valence-corrected chi connectivity index (χ0v) is 12.0. The average molecular weight is 293 g/mol. The molecule has 0 amide bonds. The number of nitrogens with zero attached hydrogens (tertiary/aromatic N) is 2. The highest BCUT2D eigenvalue weighted by Crippen LogP contribution is 2.17. The third-order valence-corrected chi connectivity index (χ3v) is 3.99.